The van der Waals surface area contributed by atoms with Crippen molar-refractivity contribution in [3.63, 3.8) is 0 Å². The van der Waals surface area contributed by atoms with Crippen molar-refractivity contribution in [3.8, 4) is 0 Å². The van der Waals surface area contributed by atoms with Gasteiger partial charge in [-0.3, -0.25) is 0 Å². The second-order valence-corrected chi connectivity index (χ2v) is 4.05. The Kier molecular flexibility index (Phi) is 3.77. The lowest BCUT2D eigenvalue weighted by Gasteiger charge is -2.15. The molecule has 2 nitrogen and oxygen atoms in total. The number of benzene rings is 1. The van der Waals surface area contributed by atoms with Crippen molar-refractivity contribution in [1.82, 2.24) is 5.32 Å². The largest absolute Gasteiger partial charge is 0.464 e. The van der Waals surface area contributed by atoms with Crippen LogP contribution in [0.2, 0.25) is 0 Å². The highest BCUT2D eigenvalue weighted by Crippen LogP contribution is 2.26. The predicted molar refractivity (Wildman–Crippen MR) is 65.3 cm³/mol. The van der Waals surface area contributed by atoms with Gasteiger partial charge in [0.05, 0.1) is 6.04 Å². The third-order valence-corrected chi connectivity index (χ3v) is 2.87. The number of furan rings is 1. The van der Waals surface area contributed by atoms with Crippen LogP contribution in [0.15, 0.2) is 34.7 Å². The van der Waals surface area contributed by atoms with Crippen molar-refractivity contribution in [2.75, 3.05) is 7.05 Å². The molecule has 1 aromatic heterocycles. The van der Waals surface area contributed by atoms with Crippen molar-refractivity contribution in [2.24, 2.45) is 0 Å². The molecule has 96 valence electrons. The molecule has 1 aromatic carbocycles. The molecule has 0 saturated carbocycles. The molecule has 0 bridgehead atoms. The minimum absolute atomic E-state index is 0.245. The average molecular weight is 251 g/mol. The summed E-state index contributed by atoms with van der Waals surface area (Å²) < 4.78 is 32.5. The molecule has 0 amide bonds. The van der Waals surface area contributed by atoms with E-state index < -0.39 is 17.7 Å². The summed E-state index contributed by atoms with van der Waals surface area (Å²) in [5, 5.41) is 2.94. The maximum absolute atomic E-state index is 13.7. The summed E-state index contributed by atoms with van der Waals surface area (Å²) >= 11 is 0. The summed E-state index contributed by atoms with van der Waals surface area (Å²) in [4.78, 5) is 0. The molecule has 1 heterocycles. The Hall–Kier alpha value is -1.68. The van der Waals surface area contributed by atoms with Gasteiger partial charge in [0, 0.05) is 12.0 Å². The Morgan fingerprint density at radius 3 is 2.61 bits per heavy atom. The standard InChI is InChI=1S/C14H15F2NO/c1-3-10-5-7-13(18-10)14(17-2)11-8-9(15)4-6-12(11)16/h4-8,14,17H,3H2,1-2H3. The Morgan fingerprint density at radius 2 is 2.00 bits per heavy atom. The van der Waals surface area contributed by atoms with Gasteiger partial charge in [0.15, 0.2) is 0 Å². The Bertz CT molecular complexity index is 536. The van der Waals surface area contributed by atoms with Gasteiger partial charge in [-0.05, 0) is 37.4 Å². The monoisotopic (exact) mass is 251 g/mol. The van der Waals surface area contributed by atoms with Crippen molar-refractivity contribution in [3.05, 3.63) is 59.1 Å². The molecule has 2 rings (SSSR count). The van der Waals surface area contributed by atoms with Gasteiger partial charge in [-0.25, -0.2) is 8.78 Å². The number of hydrogen-bond acceptors (Lipinski definition) is 2. The van der Waals surface area contributed by atoms with E-state index >= 15 is 0 Å². The molecule has 1 N–H and O–H groups in total. The molecule has 0 fully saturated rings. The molecule has 0 spiro atoms. The van der Waals surface area contributed by atoms with Gasteiger partial charge >= 0.3 is 0 Å². The van der Waals surface area contributed by atoms with E-state index in [0.29, 0.717) is 5.76 Å². The third-order valence-electron chi connectivity index (χ3n) is 2.87. The van der Waals surface area contributed by atoms with E-state index in [1.807, 2.05) is 13.0 Å². The van der Waals surface area contributed by atoms with Gasteiger partial charge in [-0.1, -0.05) is 6.92 Å². The first-order valence-corrected chi connectivity index (χ1v) is 5.86. The maximum atomic E-state index is 13.7. The highest BCUT2D eigenvalue weighted by atomic mass is 19.1. The number of aryl methyl sites for hydroxylation is 1. The zero-order valence-corrected chi connectivity index (χ0v) is 10.3. The van der Waals surface area contributed by atoms with E-state index in [-0.39, 0.29) is 5.56 Å². The summed E-state index contributed by atoms with van der Waals surface area (Å²) in [6, 6.07) is 6.55. The molecule has 0 saturated heterocycles. The highest BCUT2D eigenvalue weighted by Gasteiger charge is 2.20. The van der Waals surface area contributed by atoms with Crippen LogP contribution in [-0.4, -0.2) is 7.05 Å². The fourth-order valence-corrected chi connectivity index (χ4v) is 1.93. The van der Waals surface area contributed by atoms with Gasteiger partial charge in [-0.2, -0.15) is 0 Å². The third kappa shape index (κ3) is 2.43. The van der Waals surface area contributed by atoms with Gasteiger partial charge in [0.1, 0.15) is 23.2 Å². The average Bonchev–Trinajstić information content (AvgIpc) is 2.83. The van der Waals surface area contributed by atoms with Crippen LogP contribution in [-0.2, 0) is 6.42 Å². The number of rotatable bonds is 4. The smallest absolute Gasteiger partial charge is 0.128 e. The van der Waals surface area contributed by atoms with Gasteiger partial charge in [-0.15, -0.1) is 0 Å². The highest BCUT2D eigenvalue weighted by molar-refractivity contribution is 5.29. The molecule has 0 aliphatic carbocycles. The van der Waals surface area contributed by atoms with E-state index in [4.69, 9.17) is 4.42 Å². The zero-order chi connectivity index (χ0) is 13.1. The van der Waals surface area contributed by atoms with E-state index in [1.165, 1.54) is 6.07 Å². The van der Waals surface area contributed by atoms with Crippen LogP contribution in [0.5, 0.6) is 0 Å². The van der Waals surface area contributed by atoms with Crippen LogP contribution in [0, 0.1) is 11.6 Å². The first-order valence-electron chi connectivity index (χ1n) is 5.86. The first kappa shape index (κ1) is 12.8. The second kappa shape index (κ2) is 5.31. The molecule has 4 heteroatoms. The van der Waals surface area contributed by atoms with Gasteiger partial charge in [0.2, 0.25) is 0 Å². The summed E-state index contributed by atoms with van der Waals surface area (Å²) in [5.41, 5.74) is 0.245. The van der Waals surface area contributed by atoms with Crippen LogP contribution in [0.1, 0.15) is 30.0 Å². The number of hydrogen-bond donors (Lipinski definition) is 1. The van der Waals surface area contributed by atoms with Gasteiger partial charge in [0.25, 0.3) is 0 Å². The summed E-state index contributed by atoms with van der Waals surface area (Å²) in [6.07, 6.45) is 0.766. The van der Waals surface area contributed by atoms with E-state index in [0.717, 1.165) is 24.3 Å². The fourth-order valence-electron chi connectivity index (χ4n) is 1.93. The minimum Gasteiger partial charge on any atom is -0.464 e. The topological polar surface area (TPSA) is 25.2 Å². The lowest BCUT2D eigenvalue weighted by Crippen LogP contribution is -2.18. The molecule has 0 aliphatic heterocycles. The Morgan fingerprint density at radius 1 is 1.22 bits per heavy atom. The molecule has 1 atom stereocenters. The predicted octanol–water partition coefficient (Wildman–Crippen LogP) is 3.43. The normalized spacial score (nSPS) is 12.7. The molecular formula is C14H15F2NO. The van der Waals surface area contributed by atoms with Gasteiger partial charge < -0.3 is 9.73 Å². The van der Waals surface area contributed by atoms with Crippen molar-refractivity contribution < 1.29 is 13.2 Å². The quantitative estimate of drug-likeness (QED) is 0.900. The van der Waals surface area contributed by atoms with E-state index in [2.05, 4.69) is 5.32 Å². The first-order chi connectivity index (χ1) is 8.65. The summed E-state index contributed by atoms with van der Waals surface area (Å²) in [6.45, 7) is 1.97. The second-order valence-electron chi connectivity index (χ2n) is 4.05. The van der Waals surface area contributed by atoms with E-state index in [1.54, 1.807) is 13.1 Å². The zero-order valence-electron chi connectivity index (χ0n) is 10.3. The summed E-state index contributed by atoms with van der Waals surface area (Å²) in [5.74, 6) is 0.486. The lowest BCUT2D eigenvalue weighted by molar-refractivity contribution is 0.425. The van der Waals surface area contributed by atoms with Crippen LogP contribution >= 0.6 is 0 Å². The lowest BCUT2D eigenvalue weighted by atomic mass is 10.0. The minimum atomic E-state index is -0.485. The number of nitrogens with one attached hydrogen (secondary N) is 1. The van der Waals surface area contributed by atoms with Crippen molar-refractivity contribution in [1.29, 1.82) is 0 Å². The van der Waals surface area contributed by atoms with Crippen LogP contribution in [0.25, 0.3) is 0 Å². The van der Waals surface area contributed by atoms with Crippen molar-refractivity contribution in [2.45, 2.75) is 19.4 Å². The molecular weight excluding hydrogens is 236 g/mol. The van der Waals surface area contributed by atoms with Crippen LogP contribution < -0.4 is 5.32 Å². The summed E-state index contributed by atoms with van der Waals surface area (Å²) in [7, 11) is 1.68. The van der Waals surface area contributed by atoms with E-state index in [9.17, 15) is 8.78 Å². The fraction of sp³-hybridized carbons (Fsp3) is 0.286. The van der Waals surface area contributed by atoms with Crippen LogP contribution in [0.3, 0.4) is 0 Å². The molecule has 0 radical (unpaired) electrons. The maximum Gasteiger partial charge on any atom is 0.128 e. The molecule has 0 aliphatic rings. The number of halogens is 2. The Balaban J connectivity index is 2.41. The van der Waals surface area contributed by atoms with Crippen LogP contribution in [0.4, 0.5) is 8.78 Å². The Labute approximate surface area is 105 Å². The molecule has 1 unspecified atom stereocenters. The SMILES string of the molecule is CCc1ccc(C(NC)c2cc(F)ccc2F)o1. The molecule has 2 aromatic rings. The van der Waals surface area contributed by atoms with Crippen molar-refractivity contribution >= 4 is 0 Å². The molecule has 18 heavy (non-hydrogen) atoms.